The monoisotopic (exact) mass is 268 g/mol. The minimum absolute atomic E-state index is 1.03. The first-order valence-corrected chi connectivity index (χ1v) is 7.34. The van der Waals surface area contributed by atoms with E-state index in [1.807, 2.05) is 19.1 Å². The van der Waals surface area contributed by atoms with Gasteiger partial charge < -0.3 is 5.01 Å². The molecule has 2 aromatic rings. The average molecular weight is 268 g/mol. The van der Waals surface area contributed by atoms with Gasteiger partial charge in [-0.2, -0.15) is 5.10 Å². The van der Waals surface area contributed by atoms with Crippen molar-refractivity contribution in [2.45, 2.75) is 33.6 Å². The van der Waals surface area contributed by atoms with Crippen molar-refractivity contribution in [3.8, 4) is 0 Å². The molecule has 0 unspecified atom stereocenters. The van der Waals surface area contributed by atoms with E-state index in [1.165, 1.54) is 27.5 Å². The van der Waals surface area contributed by atoms with Gasteiger partial charge in [-0.05, 0) is 47.7 Å². The van der Waals surface area contributed by atoms with Gasteiger partial charge in [-0.25, -0.2) is 0 Å². The van der Waals surface area contributed by atoms with Crippen LogP contribution in [0.5, 0.6) is 0 Å². The van der Waals surface area contributed by atoms with Gasteiger partial charge in [0.2, 0.25) is 0 Å². The second-order valence-corrected chi connectivity index (χ2v) is 5.35. The van der Waals surface area contributed by atoms with E-state index in [0.29, 0.717) is 0 Å². The molecule has 0 aromatic heterocycles. The Balaban J connectivity index is 2.77. The summed E-state index contributed by atoms with van der Waals surface area (Å²) >= 11 is 0. The largest absolute Gasteiger partial charge is 0.303 e. The van der Waals surface area contributed by atoms with Gasteiger partial charge in [0.15, 0.2) is 0 Å². The highest BCUT2D eigenvalue weighted by Gasteiger charge is 2.12. The molecule has 2 aromatic carbocycles. The fraction of sp³-hybridized carbons (Fsp3) is 0.389. The molecule has 2 nitrogen and oxygen atoms in total. The standard InChI is InChI=1S/C18H24N2/c1-6-14-12-18(13(3)19-20(4)5)15(7-2)17-11-9-8-10-16(14)17/h8-12H,6-7H2,1-5H3/b19-13+. The Morgan fingerprint density at radius 3 is 2.25 bits per heavy atom. The maximum absolute atomic E-state index is 4.59. The van der Waals surface area contributed by atoms with E-state index >= 15 is 0 Å². The number of aryl methyl sites for hydroxylation is 2. The number of nitrogens with zero attached hydrogens (tertiary/aromatic N) is 2. The molecule has 2 heteroatoms. The summed E-state index contributed by atoms with van der Waals surface area (Å²) in [4.78, 5) is 0. The number of benzene rings is 2. The first-order chi connectivity index (χ1) is 9.58. The van der Waals surface area contributed by atoms with Gasteiger partial charge >= 0.3 is 0 Å². The smallest absolute Gasteiger partial charge is 0.0649 e. The number of fused-ring (bicyclic) bond motifs is 1. The minimum Gasteiger partial charge on any atom is -0.303 e. The summed E-state index contributed by atoms with van der Waals surface area (Å²) in [5.74, 6) is 0. The minimum atomic E-state index is 1.03. The van der Waals surface area contributed by atoms with Crippen molar-refractivity contribution in [1.29, 1.82) is 0 Å². The van der Waals surface area contributed by atoms with Gasteiger partial charge in [-0.15, -0.1) is 0 Å². The predicted octanol–water partition coefficient (Wildman–Crippen LogP) is 4.25. The van der Waals surface area contributed by atoms with Crippen LogP contribution < -0.4 is 0 Å². The zero-order chi connectivity index (χ0) is 14.7. The van der Waals surface area contributed by atoms with E-state index in [2.05, 4.69) is 56.2 Å². The number of hydrogen-bond donors (Lipinski definition) is 0. The Hall–Kier alpha value is -1.83. The van der Waals surface area contributed by atoms with Crippen molar-refractivity contribution >= 4 is 16.5 Å². The van der Waals surface area contributed by atoms with E-state index in [-0.39, 0.29) is 0 Å². The maximum atomic E-state index is 4.59. The zero-order valence-corrected chi connectivity index (χ0v) is 13.2. The van der Waals surface area contributed by atoms with E-state index in [1.54, 1.807) is 0 Å². The third-order valence-electron chi connectivity index (χ3n) is 3.72. The summed E-state index contributed by atoms with van der Waals surface area (Å²) in [6.07, 6.45) is 2.08. The summed E-state index contributed by atoms with van der Waals surface area (Å²) in [7, 11) is 3.94. The van der Waals surface area contributed by atoms with Crippen molar-refractivity contribution in [3.63, 3.8) is 0 Å². The van der Waals surface area contributed by atoms with Crippen molar-refractivity contribution in [3.05, 3.63) is 47.0 Å². The van der Waals surface area contributed by atoms with Crippen LogP contribution in [0.4, 0.5) is 0 Å². The third-order valence-corrected chi connectivity index (χ3v) is 3.72. The molecule has 0 spiro atoms. The highest BCUT2D eigenvalue weighted by atomic mass is 15.4. The molecule has 106 valence electrons. The normalized spacial score (nSPS) is 11.9. The zero-order valence-electron chi connectivity index (χ0n) is 13.2. The molecule has 0 amide bonds. The molecule has 0 aliphatic heterocycles. The Bertz CT molecular complexity index is 639. The molecule has 0 aliphatic rings. The van der Waals surface area contributed by atoms with Crippen LogP contribution in [0.1, 0.15) is 37.5 Å². The SMILES string of the molecule is CCc1cc(/C(C)=N/N(C)C)c(CC)c2ccccc12. The van der Waals surface area contributed by atoms with Crippen molar-refractivity contribution in [2.75, 3.05) is 14.1 Å². The lowest BCUT2D eigenvalue weighted by atomic mass is 9.90. The molecular formula is C18H24N2. The van der Waals surface area contributed by atoms with Crippen molar-refractivity contribution in [1.82, 2.24) is 5.01 Å². The molecule has 0 aliphatic carbocycles. The highest BCUT2D eigenvalue weighted by molar-refractivity contribution is 6.05. The summed E-state index contributed by atoms with van der Waals surface area (Å²) < 4.78 is 0. The Morgan fingerprint density at radius 1 is 1.05 bits per heavy atom. The number of hydrogen-bond acceptors (Lipinski definition) is 2. The molecule has 0 saturated carbocycles. The molecule has 2 rings (SSSR count). The van der Waals surface area contributed by atoms with Crippen molar-refractivity contribution in [2.24, 2.45) is 5.10 Å². The highest BCUT2D eigenvalue weighted by Crippen LogP contribution is 2.28. The van der Waals surface area contributed by atoms with Crippen LogP contribution >= 0.6 is 0 Å². The van der Waals surface area contributed by atoms with Gasteiger partial charge in [-0.3, -0.25) is 0 Å². The van der Waals surface area contributed by atoms with Crippen LogP contribution in [-0.4, -0.2) is 24.8 Å². The van der Waals surface area contributed by atoms with E-state index in [9.17, 15) is 0 Å². The fourth-order valence-corrected chi connectivity index (χ4v) is 2.86. The molecule has 0 fully saturated rings. The van der Waals surface area contributed by atoms with E-state index in [4.69, 9.17) is 0 Å². The van der Waals surface area contributed by atoms with Crippen LogP contribution in [0.2, 0.25) is 0 Å². The topological polar surface area (TPSA) is 15.6 Å². The predicted molar refractivity (Wildman–Crippen MR) is 88.6 cm³/mol. The van der Waals surface area contributed by atoms with Crippen LogP contribution in [-0.2, 0) is 12.8 Å². The number of hydrazone groups is 1. The van der Waals surface area contributed by atoms with Crippen molar-refractivity contribution < 1.29 is 0 Å². The van der Waals surface area contributed by atoms with Gasteiger partial charge in [-0.1, -0.05) is 38.1 Å². The summed E-state index contributed by atoms with van der Waals surface area (Å²) in [6.45, 7) is 6.54. The average Bonchev–Trinajstić information content (AvgIpc) is 2.44. The Labute approximate surface area is 122 Å². The van der Waals surface area contributed by atoms with Crippen LogP contribution in [0.15, 0.2) is 35.4 Å². The Morgan fingerprint density at radius 2 is 1.70 bits per heavy atom. The van der Waals surface area contributed by atoms with Gasteiger partial charge in [0.1, 0.15) is 0 Å². The molecular weight excluding hydrogens is 244 g/mol. The second kappa shape index (κ2) is 6.08. The van der Waals surface area contributed by atoms with Crippen LogP contribution in [0.3, 0.4) is 0 Å². The quantitative estimate of drug-likeness (QED) is 0.598. The lowest BCUT2D eigenvalue weighted by Gasteiger charge is -2.16. The fourth-order valence-electron chi connectivity index (χ4n) is 2.86. The lowest BCUT2D eigenvalue weighted by molar-refractivity contribution is 0.438. The maximum Gasteiger partial charge on any atom is 0.0649 e. The third kappa shape index (κ3) is 2.69. The molecule has 20 heavy (non-hydrogen) atoms. The van der Waals surface area contributed by atoms with Crippen LogP contribution in [0.25, 0.3) is 10.8 Å². The molecule has 0 bridgehead atoms. The molecule has 0 radical (unpaired) electrons. The van der Waals surface area contributed by atoms with E-state index < -0.39 is 0 Å². The first-order valence-electron chi connectivity index (χ1n) is 7.34. The van der Waals surface area contributed by atoms with E-state index in [0.717, 1.165) is 18.6 Å². The van der Waals surface area contributed by atoms with Crippen LogP contribution in [0, 0.1) is 0 Å². The molecule has 0 saturated heterocycles. The lowest BCUT2D eigenvalue weighted by Crippen LogP contribution is -2.10. The Kier molecular flexibility index (Phi) is 4.43. The summed E-state index contributed by atoms with van der Waals surface area (Å²) in [5, 5.41) is 9.21. The summed E-state index contributed by atoms with van der Waals surface area (Å²) in [5.41, 5.74) is 5.19. The van der Waals surface area contributed by atoms with Gasteiger partial charge in [0.05, 0.1) is 5.71 Å². The number of rotatable bonds is 4. The van der Waals surface area contributed by atoms with Gasteiger partial charge in [0.25, 0.3) is 0 Å². The molecule has 0 atom stereocenters. The summed E-state index contributed by atoms with van der Waals surface area (Å²) in [6, 6.07) is 11.0. The van der Waals surface area contributed by atoms with Gasteiger partial charge in [0, 0.05) is 19.7 Å². The second-order valence-electron chi connectivity index (χ2n) is 5.35. The first kappa shape index (κ1) is 14.6. The molecule has 0 N–H and O–H groups in total. The molecule has 0 heterocycles.